The number of carbonyl (C=O) groups is 1. The first-order chi connectivity index (χ1) is 14.2. The molecule has 0 saturated heterocycles. The molecule has 2 aliphatic rings. The topological polar surface area (TPSA) is 105 Å². The van der Waals surface area contributed by atoms with Gasteiger partial charge in [0.25, 0.3) is 0 Å². The number of halogens is 1. The van der Waals surface area contributed by atoms with Crippen molar-refractivity contribution in [1.29, 1.82) is 0 Å². The minimum Gasteiger partial charge on any atom is -0.417 e. The third-order valence-corrected chi connectivity index (χ3v) is 5.48. The van der Waals surface area contributed by atoms with Crippen LogP contribution in [-0.4, -0.2) is 47.1 Å². The number of hydrogen-bond donors (Lipinski definition) is 1. The highest BCUT2D eigenvalue weighted by Gasteiger charge is 2.39. The third kappa shape index (κ3) is 2.55. The van der Waals surface area contributed by atoms with Crippen molar-refractivity contribution in [3.8, 4) is 0 Å². The smallest absolute Gasteiger partial charge is 0.312 e. The van der Waals surface area contributed by atoms with Gasteiger partial charge in [-0.1, -0.05) is 6.07 Å². The molecular weight excluding hydrogens is 377 g/mol. The first-order valence-electron chi connectivity index (χ1n) is 9.50. The zero-order valence-electron chi connectivity index (χ0n) is 15.2. The van der Waals surface area contributed by atoms with Crippen LogP contribution in [0.2, 0.25) is 0 Å². The molecule has 6 rings (SSSR count). The molecule has 1 N–H and O–H groups in total. The van der Waals surface area contributed by atoms with E-state index >= 15 is 0 Å². The summed E-state index contributed by atoms with van der Waals surface area (Å²) in [6.07, 6.45) is 4.22. The highest BCUT2D eigenvalue weighted by molar-refractivity contribution is 5.90. The largest absolute Gasteiger partial charge is 0.417 e. The van der Waals surface area contributed by atoms with Crippen molar-refractivity contribution in [3.05, 3.63) is 65.4 Å². The van der Waals surface area contributed by atoms with Gasteiger partial charge in [0.1, 0.15) is 6.04 Å². The summed E-state index contributed by atoms with van der Waals surface area (Å²) < 4.78 is 21.0. The summed E-state index contributed by atoms with van der Waals surface area (Å²) in [5.74, 6) is -0.111. The van der Waals surface area contributed by atoms with Crippen LogP contribution in [-0.2, 0) is 6.42 Å². The second-order valence-electron chi connectivity index (χ2n) is 7.39. The molecule has 1 amide bonds. The Morgan fingerprint density at radius 1 is 1.28 bits per heavy atom. The van der Waals surface area contributed by atoms with Gasteiger partial charge in [0.05, 0.1) is 23.2 Å². The zero-order chi connectivity index (χ0) is 19.5. The Hall–Kier alpha value is -3.56. The maximum atomic E-state index is 14.2. The number of hydrogen-bond acceptors (Lipinski definition) is 6. The van der Waals surface area contributed by atoms with E-state index in [1.807, 2.05) is 0 Å². The van der Waals surface area contributed by atoms with Gasteiger partial charge in [-0.2, -0.15) is 9.49 Å². The third-order valence-electron chi connectivity index (χ3n) is 5.48. The molecule has 4 aromatic rings. The molecule has 1 saturated carbocycles. The quantitative estimate of drug-likeness (QED) is 0.535. The van der Waals surface area contributed by atoms with Crippen LogP contribution in [0.5, 0.6) is 0 Å². The van der Waals surface area contributed by atoms with Crippen LogP contribution in [0.4, 0.5) is 4.39 Å². The van der Waals surface area contributed by atoms with Gasteiger partial charge in [-0.05, 0) is 31.0 Å². The van der Waals surface area contributed by atoms with E-state index in [9.17, 15) is 9.18 Å². The van der Waals surface area contributed by atoms with Gasteiger partial charge in [-0.15, -0.1) is 10.2 Å². The van der Waals surface area contributed by atoms with Crippen LogP contribution in [0.1, 0.15) is 58.5 Å². The molecule has 1 aliphatic carbocycles. The van der Waals surface area contributed by atoms with E-state index < -0.39 is 12.0 Å². The molecule has 0 spiro atoms. The van der Waals surface area contributed by atoms with Crippen molar-refractivity contribution >= 4 is 11.4 Å². The monoisotopic (exact) mass is 393 g/mol. The van der Waals surface area contributed by atoms with Gasteiger partial charge in [-0.3, -0.25) is 4.79 Å². The lowest BCUT2D eigenvalue weighted by molar-refractivity contribution is 0.0644. The lowest BCUT2D eigenvalue weighted by Crippen LogP contribution is -2.41. The molecule has 1 fully saturated rings. The Morgan fingerprint density at radius 3 is 3.00 bits per heavy atom. The van der Waals surface area contributed by atoms with E-state index in [1.54, 1.807) is 29.4 Å². The van der Waals surface area contributed by atoms with Crippen molar-refractivity contribution in [1.82, 2.24) is 34.7 Å². The summed E-state index contributed by atoms with van der Waals surface area (Å²) in [5.41, 5.74) is 2.75. The summed E-state index contributed by atoms with van der Waals surface area (Å²) in [6.45, 7) is 0.427. The molecule has 9 nitrogen and oxygen atoms in total. The number of amides is 1. The molecule has 0 bridgehead atoms. The molecule has 146 valence electrons. The maximum absolute atomic E-state index is 14.2. The highest BCUT2D eigenvalue weighted by atomic mass is 19.1. The predicted octanol–water partition coefficient (Wildman–Crippen LogP) is 2.24. The Balaban J connectivity index is 1.44. The number of nitrogens with one attached hydrogen (secondary N) is 1. The second kappa shape index (κ2) is 5.97. The predicted molar refractivity (Wildman–Crippen MR) is 96.6 cm³/mol. The Bertz CT molecular complexity index is 1240. The number of carbonyl (C=O) groups excluding carboxylic acids is 1. The second-order valence-corrected chi connectivity index (χ2v) is 7.39. The van der Waals surface area contributed by atoms with Crippen LogP contribution in [0.25, 0.3) is 5.52 Å². The van der Waals surface area contributed by atoms with Crippen LogP contribution in [0.3, 0.4) is 0 Å². The van der Waals surface area contributed by atoms with Crippen molar-refractivity contribution in [3.63, 3.8) is 0 Å². The lowest BCUT2D eigenvalue weighted by Gasteiger charge is -2.32. The Morgan fingerprint density at radius 2 is 2.17 bits per heavy atom. The number of aromatic amines is 1. The molecule has 0 aromatic carbocycles. The van der Waals surface area contributed by atoms with E-state index in [1.165, 1.54) is 10.6 Å². The van der Waals surface area contributed by atoms with Gasteiger partial charge in [0.15, 0.2) is 0 Å². The van der Waals surface area contributed by atoms with Gasteiger partial charge in [-0.25, -0.2) is 9.50 Å². The van der Waals surface area contributed by atoms with Gasteiger partial charge < -0.3 is 14.3 Å². The number of fused-ring (bicyclic) bond motifs is 2. The summed E-state index contributed by atoms with van der Waals surface area (Å²) >= 11 is 0. The summed E-state index contributed by atoms with van der Waals surface area (Å²) in [7, 11) is 0. The Labute approximate surface area is 163 Å². The highest BCUT2D eigenvalue weighted by Crippen LogP contribution is 2.39. The van der Waals surface area contributed by atoms with Crippen LogP contribution in [0, 0.1) is 5.95 Å². The van der Waals surface area contributed by atoms with E-state index in [-0.39, 0.29) is 17.7 Å². The Kier molecular flexibility index (Phi) is 3.37. The first kappa shape index (κ1) is 16.4. The normalized spacial score (nSPS) is 18.9. The molecule has 29 heavy (non-hydrogen) atoms. The number of rotatable bonds is 3. The maximum Gasteiger partial charge on any atom is 0.312 e. The minimum atomic E-state index is -0.576. The number of H-pyrrole nitrogens is 1. The molecule has 10 heteroatoms. The van der Waals surface area contributed by atoms with E-state index in [2.05, 4.69) is 25.3 Å². The average Bonchev–Trinajstić information content (AvgIpc) is 3.13. The fourth-order valence-electron chi connectivity index (χ4n) is 3.87. The lowest BCUT2D eigenvalue weighted by atomic mass is 9.99. The van der Waals surface area contributed by atoms with Crippen molar-refractivity contribution in [2.75, 3.05) is 6.54 Å². The van der Waals surface area contributed by atoms with Crippen LogP contribution >= 0.6 is 0 Å². The first-order valence-corrected chi connectivity index (χ1v) is 9.50. The number of imidazole rings is 1. The van der Waals surface area contributed by atoms with Crippen molar-refractivity contribution in [2.45, 2.75) is 31.2 Å². The SMILES string of the molecule is O=C(c1nnc(C2CC2)o1)N1CCc2[nH]cnc2[C@H]1c1cc2cccc(F)n2n1. The van der Waals surface area contributed by atoms with Crippen LogP contribution < -0.4 is 0 Å². The number of nitrogens with zero attached hydrogens (tertiary/aromatic N) is 6. The molecule has 1 atom stereocenters. The molecule has 0 unspecified atom stereocenters. The summed E-state index contributed by atoms with van der Waals surface area (Å²) in [4.78, 5) is 22.4. The molecule has 0 radical (unpaired) electrons. The summed E-state index contributed by atoms with van der Waals surface area (Å²) in [6, 6.07) is 5.91. The molecule has 5 heterocycles. The van der Waals surface area contributed by atoms with E-state index in [0.717, 1.165) is 18.5 Å². The summed E-state index contributed by atoms with van der Waals surface area (Å²) in [5, 5.41) is 12.4. The minimum absolute atomic E-state index is 0.0363. The van der Waals surface area contributed by atoms with Crippen molar-refractivity contribution < 1.29 is 13.6 Å². The fourth-order valence-corrected chi connectivity index (χ4v) is 3.87. The van der Waals surface area contributed by atoms with Gasteiger partial charge >= 0.3 is 11.8 Å². The number of aromatic nitrogens is 6. The average molecular weight is 393 g/mol. The van der Waals surface area contributed by atoms with E-state index in [0.29, 0.717) is 35.8 Å². The molecular formula is C19H16FN7O2. The van der Waals surface area contributed by atoms with Gasteiger partial charge in [0.2, 0.25) is 11.8 Å². The molecule has 4 aromatic heterocycles. The van der Waals surface area contributed by atoms with E-state index in [4.69, 9.17) is 4.42 Å². The zero-order valence-corrected chi connectivity index (χ0v) is 15.2. The van der Waals surface area contributed by atoms with Crippen LogP contribution in [0.15, 0.2) is 35.0 Å². The number of pyridine rings is 1. The van der Waals surface area contributed by atoms with Gasteiger partial charge in [0, 0.05) is 24.6 Å². The fraction of sp³-hybridized carbons (Fsp3) is 0.316. The molecule has 1 aliphatic heterocycles. The standard InChI is InChI=1S/C19H16FN7O2/c20-14-3-1-2-11-8-13(25-27(11)14)16-15-12(21-9-22-15)6-7-26(16)19(28)18-24-23-17(29-18)10-4-5-10/h1-3,8-10,16H,4-7H2,(H,21,22)/t16-/m1/s1. The van der Waals surface area contributed by atoms with Crippen molar-refractivity contribution in [2.24, 2.45) is 0 Å².